The molecule has 0 saturated carbocycles. The minimum Gasteiger partial charge on any atom is -0.351 e. The van der Waals surface area contributed by atoms with E-state index in [1.54, 1.807) is 18.3 Å². The van der Waals surface area contributed by atoms with Gasteiger partial charge in [-0.3, -0.25) is 9.20 Å². The van der Waals surface area contributed by atoms with Crippen LogP contribution in [0.5, 0.6) is 0 Å². The molecule has 0 spiro atoms. The van der Waals surface area contributed by atoms with Crippen molar-refractivity contribution in [3.8, 4) is 5.69 Å². The SMILES string of the molecule is Cc1ccccc1-n1nc(C(=O)NCCCn2nc3ccccn3c2=O)c2c1CCC2. The van der Waals surface area contributed by atoms with Crippen LogP contribution in [-0.4, -0.2) is 36.4 Å². The second-order valence-electron chi connectivity index (χ2n) is 7.87. The van der Waals surface area contributed by atoms with Crippen LogP contribution in [0.1, 0.15) is 40.2 Å². The van der Waals surface area contributed by atoms with Crippen LogP contribution in [0.4, 0.5) is 0 Å². The molecule has 1 N–H and O–H groups in total. The van der Waals surface area contributed by atoms with Gasteiger partial charge in [-0.1, -0.05) is 24.3 Å². The van der Waals surface area contributed by atoms with E-state index in [1.165, 1.54) is 9.08 Å². The summed E-state index contributed by atoms with van der Waals surface area (Å²) in [6.45, 7) is 2.95. The topological polar surface area (TPSA) is 86.2 Å². The van der Waals surface area contributed by atoms with Crippen LogP contribution in [0.25, 0.3) is 11.3 Å². The molecule has 1 aliphatic carbocycles. The van der Waals surface area contributed by atoms with Crippen molar-refractivity contribution in [3.63, 3.8) is 0 Å². The van der Waals surface area contributed by atoms with E-state index in [1.807, 2.05) is 28.9 Å². The molecule has 8 heteroatoms. The first-order valence-corrected chi connectivity index (χ1v) is 10.6. The highest BCUT2D eigenvalue weighted by Crippen LogP contribution is 2.28. The van der Waals surface area contributed by atoms with Gasteiger partial charge in [0.2, 0.25) is 0 Å². The quantitative estimate of drug-likeness (QED) is 0.489. The Morgan fingerprint density at radius 2 is 1.94 bits per heavy atom. The van der Waals surface area contributed by atoms with E-state index in [4.69, 9.17) is 0 Å². The van der Waals surface area contributed by atoms with Crippen LogP contribution in [0, 0.1) is 6.92 Å². The predicted molar refractivity (Wildman–Crippen MR) is 117 cm³/mol. The number of nitrogens with one attached hydrogen (secondary N) is 1. The zero-order valence-corrected chi connectivity index (χ0v) is 17.4. The van der Waals surface area contributed by atoms with Crippen molar-refractivity contribution in [3.05, 3.63) is 81.7 Å². The Hall–Kier alpha value is -3.68. The fraction of sp³-hybridized carbons (Fsp3) is 0.304. The number of aromatic nitrogens is 5. The molecule has 3 aromatic heterocycles. The zero-order chi connectivity index (χ0) is 21.4. The third-order valence-corrected chi connectivity index (χ3v) is 5.81. The summed E-state index contributed by atoms with van der Waals surface area (Å²) < 4.78 is 4.88. The van der Waals surface area contributed by atoms with E-state index < -0.39 is 0 Å². The van der Waals surface area contributed by atoms with Crippen molar-refractivity contribution >= 4 is 11.6 Å². The van der Waals surface area contributed by atoms with E-state index in [-0.39, 0.29) is 11.6 Å². The standard InChI is InChI=1S/C23H24N6O2/c1-16-8-2-3-10-18(16)29-19-11-6-9-17(19)21(26-29)22(30)24-13-7-15-28-23(31)27-14-5-4-12-20(27)25-28/h2-5,8,10,12,14H,6-7,9,11,13,15H2,1H3,(H,24,30). The number of para-hydroxylation sites is 1. The van der Waals surface area contributed by atoms with E-state index in [0.29, 0.717) is 30.9 Å². The lowest BCUT2D eigenvalue weighted by atomic mass is 10.2. The summed E-state index contributed by atoms with van der Waals surface area (Å²) >= 11 is 0. The number of pyridine rings is 1. The molecular weight excluding hydrogens is 392 g/mol. The molecule has 31 heavy (non-hydrogen) atoms. The van der Waals surface area contributed by atoms with Gasteiger partial charge in [0, 0.05) is 30.5 Å². The molecule has 0 aliphatic heterocycles. The highest BCUT2D eigenvalue weighted by atomic mass is 16.2. The highest BCUT2D eigenvalue weighted by molar-refractivity contribution is 5.94. The Labute approximate surface area is 179 Å². The number of benzene rings is 1. The van der Waals surface area contributed by atoms with Crippen molar-refractivity contribution in [2.45, 2.75) is 39.2 Å². The molecule has 0 atom stereocenters. The summed E-state index contributed by atoms with van der Waals surface area (Å²) in [6.07, 6.45) is 5.15. The lowest BCUT2D eigenvalue weighted by Gasteiger charge is -2.08. The molecule has 1 amide bonds. The average molecular weight is 416 g/mol. The molecule has 0 saturated heterocycles. The summed E-state index contributed by atoms with van der Waals surface area (Å²) in [5.74, 6) is -0.159. The molecule has 3 heterocycles. The predicted octanol–water partition coefficient (Wildman–Crippen LogP) is 2.30. The van der Waals surface area contributed by atoms with Crippen LogP contribution in [0.2, 0.25) is 0 Å². The lowest BCUT2D eigenvalue weighted by molar-refractivity contribution is 0.0946. The van der Waals surface area contributed by atoms with Gasteiger partial charge in [0.15, 0.2) is 11.3 Å². The number of hydrogen-bond donors (Lipinski definition) is 1. The van der Waals surface area contributed by atoms with Crippen molar-refractivity contribution in [2.75, 3.05) is 6.54 Å². The molecule has 0 unspecified atom stereocenters. The second-order valence-corrected chi connectivity index (χ2v) is 7.87. The van der Waals surface area contributed by atoms with Gasteiger partial charge in [-0.25, -0.2) is 14.2 Å². The summed E-state index contributed by atoms with van der Waals surface area (Å²) in [6, 6.07) is 13.5. The molecule has 0 radical (unpaired) electrons. The van der Waals surface area contributed by atoms with Crippen molar-refractivity contribution < 1.29 is 4.79 Å². The van der Waals surface area contributed by atoms with E-state index in [2.05, 4.69) is 28.5 Å². The number of amides is 1. The molecule has 0 bridgehead atoms. The smallest absolute Gasteiger partial charge is 0.350 e. The first-order valence-electron chi connectivity index (χ1n) is 10.6. The maximum absolute atomic E-state index is 12.9. The number of fused-ring (bicyclic) bond motifs is 2. The van der Waals surface area contributed by atoms with Crippen molar-refractivity contribution in [1.29, 1.82) is 0 Å². The number of hydrogen-bond acceptors (Lipinski definition) is 4. The zero-order valence-electron chi connectivity index (χ0n) is 17.4. The minimum atomic E-state index is -0.170. The number of aryl methyl sites for hydroxylation is 2. The lowest BCUT2D eigenvalue weighted by Crippen LogP contribution is -2.28. The van der Waals surface area contributed by atoms with E-state index in [9.17, 15) is 9.59 Å². The number of carbonyl (C=O) groups is 1. The molecular formula is C23H24N6O2. The van der Waals surface area contributed by atoms with Gasteiger partial charge < -0.3 is 5.32 Å². The first kappa shape index (κ1) is 19.3. The van der Waals surface area contributed by atoms with Gasteiger partial charge in [-0.2, -0.15) is 5.10 Å². The molecule has 8 nitrogen and oxygen atoms in total. The van der Waals surface area contributed by atoms with Crippen LogP contribution < -0.4 is 11.0 Å². The maximum Gasteiger partial charge on any atom is 0.350 e. The average Bonchev–Trinajstić information content (AvgIpc) is 3.46. The Morgan fingerprint density at radius 1 is 1.10 bits per heavy atom. The van der Waals surface area contributed by atoms with Crippen LogP contribution in [0.15, 0.2) is 53.5 Å². The number of rotatable bonds is 6. The fourth-order valence-corrected chi connectivity index (χ4v) is 4.25. The number of carbonyl (C=O) groups excluding carboxylic acids is 1. The van der Waals surface area contributed by atoms with Crippen LogP contribution in [-0.2, 0) is 19.4 Å². The Kier molecular flexibility index (Phi) is 4.89. The highest BCUT2D eigenvalue weighted by Gasteiger charge is 2.27. The van der Waals surface area contributed by atoms with E-state index in [0.717, 1.165) is 41.8 Å². The summed E-state index contributed by atoms with van der Waals surface area (Å²) in [4.78, 5) is 25.2. The van der Waals surface area contributed by atoms with Crippen LogP contribution in [0.3, 0.4) is 0 Å². The summed E-state index contributed by atoms with van der Waals surface area (Å²) in [5, 5.41) is 12.0. The van der Waals surface area contributed by atoms with Gasteiger partial charge >= 0.3 is 5.69 Å². The Morgan fingerprint density at radius 3 is 2.77 bits per heavy atom. The largest absolute Gasteiger partial charge is 0.351 e. The van der Waals surface area contributed by atoms with Gasteiger partial charge in [-0.15, -0.1) is 5.10 Å². The molecule has 158 valence electrons. The van der Waals surface area contributed by atoms with Gasteiger partial charge in [0.05, 0.1) is 5.69 Å². The molecule has 5 rings (SSSR count). The molecule has 1 aromatic carbocycles. The fourth-order valence-electron chi connectivity index (χ4n) is 4.25. The second kappa shape index (κ2) is 7.86. The Balaban J connectivity index is 1.28. The van der Waals surface area contributed by atoms with Gasteiger partial charge in [-0.05, 0) is 56.4 Å². The molecule has 1 aliphatic rings. The normalized spacial score (nSPS) is 12.9. The third kappa shape index (κ3) is 3.43. The van der Waals surface area contributed by atoms with Crippen LogP contribution >= 0.6 is 0 Å². The van der Waals surface area contributed by atoms with Gasteiger partial charge in [0.25, 0.3) is 5.91 Å². The molecule has 4 aromatic rings. The summed E-state index contributed by atoms with van der Waals surface area (Å²) in [7, 11) is 0. The third-order valence-electron chi connectivity index (χ3n) is 5.81. The number of nitrogens with zero attached hydrogens (tertiary/aromatic N) is 5. The van der Waals surface area contributed by atoms with E-state index >= 15 is 0 Å². The summed E-state index contributed by atoms with van der Waals surface area (Å²) in [5.41, 5.74) is 5.30. The van der Waals surface area contributed by atoms with Crippen molar-refractivity contribution in [2.24, 2.45) is 0 Å². The first-order chi connectivity index (χ1) is 15.1. The van der Waals surface area contributed by atoms with Crippen molar-refractivity contribution in [1.82, 2.24) is 29.3 Å². The van der Waals surface area contributed by atoms with Gasteiger partial charge in [0.1, 0.15) is 0 Å². The molecule has 0 fully saturated rings. The maximum atomic E-state index is 12.9. The monoisotopic (exact) mass is 416 g/mol. The Bertz CT molecular complexity index is 1330. The minimum absolute atomic E-state index is 0.159.